The van der Waals surface area contributed by atoms with Crippen molar-refractivity contribution in [3.8, 4) is 11.4 Å². The number of ether oxygens (including phenoxy) is 1. The summed E-state index contributed by atoms with van der Waals surface area (Å²) in [6.45, 7) is 0.480. The fraction of sp³-hybridized carbons (Fsp3) is 0.148. The molecule has 2 amide bonds. The highest BCUT2D eigenvalue weighted by Crippen LogP contribution is 2.37. The molecule has 3 aromatic carbocycles. The molecule has 6 heteroatoms. The third kappa shape index (κ3) is 3.98. The molecule has 4 aromatic rings. The standard InChI is InChI=1S/C27H25N3O2S/c1-32-25-12-6-4-9-22(25)28-27(31)30-18-20-8-3-5-10-23(20)29-17-7-11-24(29)26(30)19-13-15-21(33-2)16-14-19/h3-17,26H,18H2,1-2H3,(H,28,31)/t26-/m1/s1. The zero-order valence-electron chi connectivity index (χ0n) is 18.6. The van der Waals surface area contributed by atoms with Gasteiger partial charge in [0.05, 0.1) is 31.1 Å². The van der Waals surface area contributed by atoms with E-state index in [1.807, 2.05) is 47.4 Å². The van der Waals surface area contributed by atoms with Crippen molar-refractivity contribution in [3.63, 3.8) is 0 Å². The topological polar surface area (TPSA) is 46.5 Å². The van der Waals surface area contributed by atoms with Crippen LogP contribution in [0.2, 0.25) is 0 Å². The molecular formula is C27H25N3O2S. The van der Waals surface area contributed by atoms with Crippen LogP contribution in [0.4, 0.5) is 10.5 Å². The lowest BCUT2D eigenvalue weighted by atomic mass is 10.0. The molecule has 1 aromatic heterocycles. The Balaban J connectivity index is 1.62. The van der Waals surface area contributed by atoms with Crippen LogP contribution < -0.4 is 10.1 Å². The highest BCUT2D eigenvalue weighted by molar-refractivity contribution is 7.98. The lowest BCUT2D eigenvalue weighted by molar-refractivity contribution is 0.194. The Bertz CT molecular complexity index is 1280. The number of para-hydroxylation sites is 3. The summed E-state index contributed by atoms with van der Waals surface area (Å²) in [6.07, 6.45) is 4.13. The van der Waals surface area contributed by atoms with Crippen LogP contribution in [0, 0.1) is 0 Å². The number of nitrogens with one attached hydrogen (secondary N) is 1. The Labute approximate surface area is 198 Å². The summed E-state index contributed by atoms with van der Waals surface area (Å²) >= 11 is 1.71. The Morgan fingerprint density at radius 3 is 2.52 bits per heavy atom. The Hall–Kier alpha value is -3.64. The molecule has 0 spiro atoms. The Morgan fingerprint density at radius 2 is 1.73 bits per heavy atom. The van der Waals surface area contributed by atoms with Gasteiger partial charge in [-0.15, -0.1) is 11.8 Å². The van der Waals surface area contributed by atoms with Crippen LogP contribution in [-0.4, -0.2) is 28.9 Å². The van der Waals surface area contributed by atoms with Crippen LogP contribution in [0.15, 0.2) is 96.0 Å². The fourth-order valence-corrected chi connectivity index (χ4v) is 4.82. The first-order valence-corrected chi connectivity index (χ1v) is 12.0. The maximum absolute atomic E-state index is 13.8. The minimum Gasteiger partial charge on any atom is -0.495 e. The molecule has 1 aliphatic heterocycles. The van der Waals surface area contributed by atoms with Gasteiger partial charge in [-0.1, -0.05) is 42.5 Å². The lowest BCUT2D eigenvalue weighted by Gasteiger charge is -2.31. The molecule has 1 atom stereocenters. The number of aromatic nitrogens is 1. The number of thioether (sulfide) groups is 1. The molecule has 0 fully saturated rings. The van der Waals surface area contributed by atoms with E-state index in [1.165, 1.54) is 4.90 Å². The van der Waals surface area contributed by atoms with Crippen molar-refractivity contribution in [1.29, 1.82) is 0 Å². The first-order valence-electron chi connectivity index (χ1n) is 10.8. The number of benzene rings is 3. The van der Waals surface area contributed by atoms with Crippen molar-refractivity contribution in [2.45, 2.75) is 17.5 Å². The second-order valence-corrected chi connectivity index (χ2v) is 8.75. The number of urea groups is 1. The number of hydrogen-bond donors (Lipinski definition) is 1. The predicted molar refractivity (Wildman–Crippen MR) is 133 cm³/mol. The van der Waals surface area contributed by atoms with E-state index in [0.29, 0.717) is 18.0 Å². The molecule has 1 N–H and O–H groups in total. The predicted octanol–water partition coefficient (Wildman–Crippen LogP) is 6.34. The summed E-state index contributed by atoms with van der Waals surface area (Å²) < 4.78 is 7.65. The molecule has 0 aliphatic carbocycles. The number of rotatable bonds is 4. The molecule has 33 heavy (non-hydrogen) atoms. The highest BCUT2D eigenvalue weighted by Gasteiger charge is 2.33. The quantitative estimate of drug-likeness (QED) is 0.365. The number of methoxy groups -OCH3 is 1. The summed E-state index contributed by atoms with van der Waals surface area (Å²) in [6, 6.07) is 27.9. The van der Waals surface area contributed by atoms with Gasteiger partial charge in [-0.25, -0.2) is 4.79 Å². The third-order valence-electron chi connectivity index (χ3n) is 6.00. The van der Waals surface area contributed by atoms with Crippen molar-refractivity contribution in [2.75, 3.05) is 18.7 Å². The molecule has 0 bridgehead atoms. The van der Waals surface area contributed by atoms with Gasteiger partial charge in [0, 0.05) is 16.8 Å². The smallest absolute Gasteiger partial charge is 0.323 e. The van der Waals surface area contributed by atoms with Gasteiger partial charge in [-0.2, -0.15) is 0 Å². The second-order valence-electron chi connectivity index (χ2n) is 7.87. The number of carbonyl (C=O) groups excluding carboxylic acids is 1. The molecule has 2 heterocycles. The molecule has 5 rings (SSSR count). The van der Waals surface area contributed by atoms with Gasteiger partial charge in [0.2, 0.25) is 0 Å². The largest absolute Gasteiger partial charge is 0.495 e. The normalized spacial score (nSPS) is 14.7. The number of fused-ring (bicyclic) bond motifs is 3. The van der Waals surface area contributed by atoms with E-state index in [9.17, 15) is 4.79 Å². The Morgan fingerprint density at radius 1 is 0.970 bits per heavy atom. The van der Waals surface area contributed by atoms with Crippen LogP contribution in [-0.2, 0) is 6.54 Å². The second kappa shape index (κ2) is 9.08. The lowest BCUT2D eigenvalue weighted by Crippen LogP contribution is -2.38. The van der Waals surface area contributed by atoms with Crippen molar-refractivity contribution in [1.82, 2.24) is 9.47 Å². The van der Waals surface area contributed by atoms with Gasteiger partial charge < -0.3 is 19.5 Å². The van der Waals surface area contributed by atoms with Crippen molar-refractivity contribution < 1.29 is 9.53 Å². The summed E-state index contributed by atoms with van der Waals surface area (Å²) in [4.78, 5) is 16.9. The van der Waals surface area contributed by atoms with Crippen LogP contribution in [0.25, 0.3) is 5.69 Å². The molecule has 1 aliphatic rings. The monoisotopic (exact) mass is 455 g/mol. The average molecular weight is 456 g/mol. The van der Waals surface area contributed by atoms with Crippen LogP contribution in [0.3, 0.4) is 0 Å². The van der Waals surface area contributed by atoms with Gasteiger partial charge in [0.1, 0.15) is 5.75 Å². The van der Waals surface area contributed by atoms with Crippen molar-refractivity contribution >= 4 is 23.5 Å². The molecule has 166 valence electrons. The van der Waals surface area contributed by atoms with E-state index in [1.54, 1.807) is 18.9 Å². The van der Waals surface area contributed by atoms with Gasteiger partial charge >= 0.3 is 6.03 Å². The van der Waals surface area contributed by atoms with Crippen LogP contribution >= 0.6 is 11.8 Å². The van der Waals surface area contributed by atoms with Gasteiger partial charge in [-0.3, -0.25) is 0 Å². The van der Waals surface area contributed by atoms with E-state index >= 15 is 0 Å². The molecule has 0 radical (unpaired) electrons. The summed E-state index contributed by atoms with van der Waals surface area (Å²) in [5.74, 6) is 0.630. The molecule has 5 nitrogen and oxygen atoms in total. The third-order valence-corrected chi connectivity index (χ3v) is 6.75. The van der Waals surface area contributed by atoms with E-state index in [0.717, 1.165) is 22.5 Å². The van der Waals surface area contributed by atoms with E-state index in [-0.39, 0.29) is 12.1 Å². The van der Waals surface area contributed by atoms with E-state index in [2.05, 4.69) is 64.8 Å². The molecule has 0 saturated heterocycles. The molecular weight excluding hydrogens is 430 g/mol. The van der Waals surface area contributed by atoms with E-state index < -0.39 is 0 Å². The zero-order valence-corrected chi connectivity index (χ0v) is 19.4. The van der Waals surface area contributed by atoms with Gasteiger partial charge in [-0.05, 0) is 59.8 Å². The number of hydrogen-bond acceptors (Lipinski definition) is 3. The van der Waals surface area contributed by atoms with Gasteiger partial charge in [0.25, 0.3) is 0 Å². The van der Waals surface area contributed by atoms with Crippen molar-refractivity contribution in [3.05, 3.63) is 108 Å². The van der Waals surface area contributed by atoms with E-state index in [4.69, 9.17) is 4.74 Å². The minimum atomic E-state index is -0.252. The zero-order chi connectivity index (χ0) is 22.8. The summed E-state index contributed by atoms with van der Waals surface area (Å²) in [5.41, 5.74) is 4.95. The highest BCUT2D eigenvalue weighted by atomic mass is 32.2. The summed E-state index contributed by atoms with van der Waals surface area (Å²) in [5, 5.41) is 3.08. The number of amides is 2. The summed E-state index contributed by atoms with van der Waals surface area (Å²) in [7, 11) is 1.61. The first kappa shape index (κ1) is 21.2. The first-order chi connectivity index (χ1) is 16.2. The molecule has 0 unspecified atom stereocenters. The minimum absolute atomic E-state index is 0.178. The SMILES string of the molecule is COc1ccccc1NC(=O)N1Cc2ccccc2-n2cccc2[C@H]1c1ccc(SC)cc1. The van der Waals surface area contributed by atoms with Crippen LogP contribution in [0.1, 0.15) is 22.9 Å². The fourth-order valence-electron chi connectivity index (χ4n) is 4.41. The maximum atomic E-state index is 13.8. The maximum Gasteiger partial charge on any atom is 0.323 e. The Kier molecular flexibility index (Phi) is 5.84. The number of anilines is 1. The van der Waals surface area contributed by atoms with Crippen molar-refractivity contribution in [2.24, 2.45) is 0 Å². The number of nitrogens with zero attached hydrogens (tertiary/aromatic N) is 2. The van der Waals surface area contributed by atoms with Crippen LogP contribution in [0.5, 0.6) is 5.75 Å². The number of carbonyl (C=O) groups is 1. The molecule has 0 saturated carbocycles. The average Bonchev–Trinajstić information content (AvgIpc) is 3.28. The van der Waals surface area contributed by atoms with Gasteiger partial charge in [0.15, 0.2) is 0 Å².